The zero-order valence-electron chi connectivity index (χ0n) is 10.0. The lowest BCUT2D eigenvalue weighted by molar-refractivity contribution is -0.115. The van der Waals surface area contributed by atoms with E-state index in [9.17, 15) is 4.79 Å². The molecule has 3 N–H and O–H groups in total. The SMILES string of the molecule is Cc1cc(NC(=O)Cc2csc(CN)n2)ccn1. The fraction of sp³-hybridized carbons (Fsp3) is 0.250. The molecule has 94 valence electrons. The van der Waals surface area contributed by atoms with Gasteiger partial charge in [0.1, 0.15) is 5.01 Å². The maximum atomic E-state index is 11.8. The molecule has 2 heterocycles. The summed E-state index contributed by atoms with van der Waals surface area (Å²) in [6.07, 6.45) is 1.93. The highest BCUT2D eigenvalue weighted by molar-refractivity contribution is 7.09. The molecule has 0 saturated heterocycles. The highest BCUT2D eigenvalue weighted by atomic mass is 32.1. The molecule has 0 atom stereocenters. The van der Waals surface area contributed by atoms with Crippen LogP contribution in [-0.4, -0.2) is 15.9 Å². The van der Waals surface area contributed by atoms with Gasteiger partial charge >= 0.3 is 0 Å². The summed E-state index contributed by atoms with van der Waals surface area (Å²) in [7, 11) is 0. The number of anilines is 1. The standard InChI is InChI=1S/C12H14N4OS/c1-8-4-9(2-3-14-8)15-11(17)5-10-7-18-12(6-13)16-10/h2-4,7H,5-6,13H2,1H3,(H,14,15,17). The third-order valence-corrected chi connectivity index (χ3v) is 3.22. The van der Waals surface area contributed by atoms with Gasteiger partial charge in [0, 0.05) is 29.5 Å². The third kappa shape index (κ3) is 3.35. The number of aromatic nitrogens is 2. The van der Waals surface area contributed by atoms with Crippen LogP contribution < -0.4 is 11.1 Å². The van der Waals surface area contributed by atoms with Crippen molar-refractivity contribution in [2.24, 2.45) is 5.73 Å². The molecule has 0 aliphatic rings. The van der Waals surface area contributed by atoms with E-state index in [1.165, 1.54) is 11.3 Å². The quantitative estimate of drug-likeness (QED) is 0.874. The molecule has 0 spiro atoms. The first-order valence-corrected chi connectivity index (χ1v) is 6.41. The Morgan fingerprint density at radius 3 is 3.06 bits per heavy atom. The molecule has 0 aliphatic carbocycles. The number of hydrogen-bond donors (Lipinski definition) is 2. The first kappa shape index (κ1) is 12.7. The summed E-state index contributed by atoms with van der Waals surface area (Å²) in [5.74, 6) is -0.0885. The number of rotatable bonds is 4. The molecule has 1 amide bonds. The molecule has 2 rings (SSSR count). The summed E-state index contributed by atoms with van der Waals surface area (Å²) in [4.78, 5) is 20.1. The van der Waals surface area contributed by atoms with Gasteiger partial charge in [0.2, 0.25) is 5.91 Å². The van der Waals surface area contributed by atoms with Crippen molar-refractivity contribution in [2.75, 3.05) is 5.32 Å². The molecule has 2 aromatic rings. The van der Waals surface area contributed by atoms with Gasteiger partial charge in [-0.1, -0.05) is 0 Å². The van der Waals surface area contributed by atoms with E-state index in [4.69, 9.17) is 5.73 Å². The molecule has 0 fully saturated rings. The van der Waals surface area contributed by atoms with Crippen molar-refractivity contribution < 1.29 is 4.79 Å². The van der Waals surface area contributed by atoms with E-state index in [0.29, 0.717) is 6.54 Å². The number of pyridine rings is 1. The van der Waals surface area contributed by atoms with Crippen molar-refractivity contribution in [3.8, 4) is 0 Å². The molecule has 0 aliphatic heterocycles. The highest BCUT2D eigenvalue weighted by Gasteiger charge is 2.07. The number of aryl methyl sites for hydroxylation is 1. The maximum Gasteiger partial charge on any atom is 0.230 e. The zero-order chi connectivity index (χ0) is 13.0. The Hall–Kier alpha value is -1.79. The molecule has 5 nitrogen and oxygen atoms in total. The summed E-state index contributed by atoms with van der Waals surface area (Å²) in [5, 5.41) is 5.52. The Morgan fingerprint density at radius 2 is 2.39 bits per heavy atom. The van der Waals surface area contributed by atoms with E-state index in [2.05, 4.69) is 15.3 Å². The van der Waals surface area contributed by atoms with Crippen LogP contribution in [-0.2, 0) is 17.8 Å². The van der Waals surface area contributed by atoms with Gasteiger partial charge in [-0.25, -0.2) is 4.98 Å². The fourth-order valence-electron chi connectivity index (χ4n) is 1.52. The average molecular weight is 262 g/mol. The molecular weight excluding hydrogens is 248 g/mol. The van der Waals surface area contributed by atoms with Crippen LogP contribution in [0.15, 0.2) is 23.7 Å². The maximum absolute atomic E-state index is 11.8. The zero-order valence-corrected chi connectivity index (χ0v) is 10.8. The molecule has 0 bridgehead atoms. The van der Waals surface area contributed by atoms with Gasteiger partial charge in [0.15, 0.2) is 0 Å². The van der Waals surface area contributed by atoms with Gasteiger partial charge in [-0.05, 0) is 19.1 Å². The topological polar surface area (TPSA) is 80.9 Å². The van der Waals surface area contributed by atoms with Gasteiger partial charge in [-0.2, -0.15) is 0 Å². The van der Waals surface area contributed by atoms with Crippen LogP contribution >= 0.6 is 11.3 Å². The molecule has 0 radical (unpaired) electrons. The number of carbonyl (C=O) groups is 1. The monoisotopic (exact) mass is 262 g/mol. The second-order valence-corrected chi connectivity index (χ2v) is 4.79. The summed E-state index contributed by atoms with van der Waals surface area (Å²) >= 11 is 1.47. The Labute approximate surface area is 109 Å². The summed E-state index contributed by atoms with van der Waals surface area (Å²) in [6, 6.07) is 3.58. The van der Waals surface area contributed by atoms with E-state index in [-0.39, 0.29) is 12.3 Å². The third-order valence-electron chi connectivity index (χ3n) is 2.30. The van der Waals surface area contributed by atoms with Crippen molar-refractivity contribution in [1.29, 1.82) is 0 Å². The lowest BCUT2D eigenvalue weighted by Crippen LogP contribution is -2.14. The molecular formula is C12H14N4OS. The Balaban J connectivity index is 1.96. The number of nitrogens with two attached hydrogens (primary N) is 1. The van der Waals surface area contributed by atoms with Crippen LogP contribution in [0.1, 0.15) is 16.4 Å². The van der Waals surface area contributed by atoms with E-state index in [0.717, 1.165) is 22.1 Å². The Bertz CT molecular complexity index is 553. The van der Waals surface area contributed by atoms with Crippen molar-refractivity contribution >= 4 is 22.9 Å². The van der Waals surface area contributed by atoms with Gasteiger partial charge in [-0.15, -0.1) is 11.3 Å². The van der Waals surface area contributed by atoms with E-state index in [1.807, 2.05) is 18.4 Å². The second-order valence-electron chi connectivity index (χ2n) is 3.85. The van der Waals surface area contributed by atoms with Crippen molar-refractivity contribution in [3.05, 3.63) is 40.1 Å². The van der Waals surface area contributed by atoms with Crippen LogP contribution in [0.4, 0.5) is 5.69 Å². The number of hydrogen-bond acceptors (Lipinski definition) is 5. The van der Waals surface area contributed by atoms with Crippen LogP contribution in [0.2, 0.25) is 0 Å². The molecule has 6 heteroatoms. The van der Waals surface area contributed by atoms with Crippen molar-refractivity contribution in [3.63, 3.8) is 0 Å². The van der Waals surface area contributed by atoms with E-state index in [1.54, 1.807) is 12.3 Å². The molecule has 0 unspecified atom stereocenters. The minimum Gasteiger partial charge on any atom is -0.326 e. The Morgan fingerprint density at radius 1 is 1.56 bits per heavy atom. The average Bonchev–Trinajstić information content (AvgIpc) is 2.76. The Kier molecular flexibility index (Phi) is 4.01. The van der Waals surface area contributed by atoms with Gasteiger partial charge in [0.05, 0.1) is 12.1 Å². The smallest absolute Gasteiger partial charge is 0.230 e. The molecule has 0 saturated carbocycles. The summed E-state index contributed by atoms with van der Waals surface area (Å²) in [6.45, 7) is 2.29. The van der Waals surface area contributed by atoms with Crippen molar-refractivity contribution in [2.45, 2.75) is 19.9 Å². The summed E-state index contributed by atoms with van der Waals surface area (Å²) < 4.78 is 0. The van der Waals surface area contributed by atoms with E-state index < -0.39 is 0 Å². The minimum atomic E-state index is -0.0885. The summed E-state index contributed by atoms with van der Waals surface area (Å²) in [5.41, 5.74) is 7.85. The number of carbonyl (C=O) groups excluding carboxylic acids is 1. The van der Waals surface area contributed by atoms with Gasteiger partial charge < -0.3 is 11.1 Å². The van der Waals surface area contributed by atoms with Gasteiger partial charge in [0.25, 0.3) is 0 Å². The van der Waals surface area contributed by atoms with Crippen LogP contribution in [0.25, 0.3) is 0 Å². The number of nitrogens with one attached hydrogen (secondary N) is 1. The molecule has 2 aromatic heterocycles. The minimum absolute atomic E-state index is 0.0885. The first-order valence-electron chi connectivity index (χ1n) is 5.53. The van der Waals surface area contributed by atoms with E-state index >= 15 is 0 Å². The highest BCUT2D eigenvalue weighted by Crippen LogP contribution is 2.11. The molecule has 0 aromatic carbocycles. The number of amides is 1. The van der Waals surface area contributed by atoms with Gasteiger partial charge in [-0.3, -0.25) is 9.78 Å². The lowest BCUT2D eigenvalue weighted by Gasteiger charge is -2.04. The van der Waals surface area contributed by atoms with Crippen LogP contribution in [0, 0.1) is 6.92 Å². The number of thiazole rings is 1. The second kappa shape index (κ2) is 5.70. The fourth-order valence-corrected chi connectivity index (χ4v) is 2.19. The predicted molar refractivity (Wildman–Crippen MR) is 71.3 cm³/mol. The van der Waals surface area contributed by atoms with Crippen molar-refractivity contribution in [1.82, 2.24) is 9.97 Å². The lowest BCUT2D eigenvalue weighted by atomic mass is 10.3. The van der Waals surface area contributed by atoms with Crippen LogP contribution in [0.5, 0.6) is 0 Å². The number of nitrogens with zero attached hydrogens (tertiary/aromatic N) is 2. The normalized spacial score (nSPS) is 10.3. The largest absolute Gasteiger partial charge is 0.326 e. The first-order chi connectivity index (χ1) is 8.67. The predicted octanol–water partition coefficient (Wildman–Crippen LogP) is 1.49. The van der Waals surface area contributed by atoms with Crippen LogP contribution in [0.3, 0.4) is 0 Å². The molecule has 18 heavy (non-hydrogen) atoms.